The summed E-state index contributed by atoms with van der Waals surface area (Å²) in [5, 5.41) is 4.36. The predicted molar refractivity (Wildman–Crippen MR) is 108 cm³/mol. The second-order valence-electron chi connectivity index (χ2n) is 8.53. The molecule has 154 valence electrons. The number of amides is 1. The second kappa shape index (κ2) is 7.38. The molecule has 2 N–H and O–H groups in total. The highest BCUT2D eigenvalue weighted by molar-refractivity contribution is 5.82. The average Bonchev–Trinajstić information content (AvgIpc) is 3.36. The number of aromatic nitrogens is 4. The molecule has 0 aromatic carbocycles. The first-order chi connectivity index (χ1) is 14.1. The Hall–Kier alpha value is -2.52. The number of anilines is 1. The van der Waals surface area contributed by atoms with Gasteiger partial charge in [0.2, 0.25) is 5.91 Å². The van der Waals surface area contributed by atoms with Crippen LogP contribution in [0, 0.1) is 5.92 Å². The zero-order valence-corrected chi connectivity index (χ0v) is 17.0. The third-order valence-electron chi connectivity index (χ3n) is 6.72. The molecule has 0 bridgehead atoms. The van der Waals surface area contributed by atoms with Crippen LogP contribution >= 0.6 is 0 Å². The molecule has 9 nitrogen and oxygen atoms in total. The maximum absolute atomic E-state index is 12.1. The Morgan fingerprint density at radius 1 is 1.14 bits per heavy atom. The lowest BCUT2D eigenvalue weighted by Gasteiger charge is -2.34. The summed E-state index contributed by atoms with van der Waals surface area (Å²) in [6.07, 6.45) is 9.19. The SMILES string of the molecule is CN1CCN(c2cc(C3NNC4CCC(c5cnn(C)c5)CC43)ncn2)CC1=O. The summed E-state index contributed by atoms with van der Waals surface area (Å²) in [5.41, 5.74) is 9.30. The van der Waals surface area contributed by atoms with Gasteiger partial charge in [-0.1, -0.05) is 0 Å². The largest absolute Gasteiger partial charge is 0.345 e. The quantitative estimate of drug-likeness (QED) is 0.785. The lowest BCUT2D eigenvalue weighted by molar-refractivity contribution is -0.129. The number of hydrogen-bond donors (Lipinski definition) is 2. The number of hydrazine groups is 1. The van der Waals surface area contributed by atoms with E-state index in [9.17, 15) is 4.79 Å². The van der Waals surface area contributed by atoms with E-state index < -0.39 is 0 Å². The number of fused-ring (bicyclic) bond motifs is 1. The third-order valence-corrected chi connectivity index (χ3v) is 6.72. The minimum atomic E-state index is 0.128. The van der Waals surface area contributed by atoms with E-state index >= 15 is 0 Å². The average molecular weight is 396 g/mol. The first-order valence-corrected chi connectivity index (χ1v) is 10.4. The van der Waals surface area contributed by atoms with Crippen molar-refractivity contribution < 1.29 is 4.79 Å². The van der Waals surface area contributed by atoms with Crippen LogP contribution in [0.4, 0.5) is 5.82 Å². The molecule has 29 heavy (non-hydrogen) atoms. The Bertz CT molecular complexity index is 898. The molecule has 1 amide bonds. The summed E-state index contributed by atoms with van der Waals surface area (Å²) in [4.78, 5) is 24.9. The van der Waals surface area contributed by atoms with Gasteiger partial charge in [0, 0.05) is 45.5 Å². The Morgan fingerprint density at radius 2 is 2.03 bits per heavy atom. The van der Waals surface area contributed by atoms with Gasteiger partial charge in [-0.3, -0.25) is 14.9 Å². The number of rotatable bonds is 3. The zero-order valence-electron chi connectivity index (χ0n) is 17.0. The van der Waals surface area contributed by atoms with Crippen LogP contribution in [-0.4, -0.2) is 63.3 Å². The van der Waals surface area contributed by atoms with E-state index in [1.165, 1.54) is 12.0 Å². The molecule has 3 aliphatic rings. The molecule has 0 spiro atoms. The Labute approximate surface area is 170 Å². The molecule has 5 rings (SSSR count). The van der Waals surface area contributed by atoms with E-state index in [-0.39, 0.29) is 11.9 Å². The maximum Gasteiger partial charge on any atom is 0.241 e. The van der Waals surface area contributed by atoms with E-state index in [0.29, 0.717) is 24.4 Å². The Balaban J connectivity index is 1.35. The summed E-state index contributed by atoms with van der Waals surface area (Å²) in [6.45, 7) is 1.89. The van der Waals surface area contributed by atoms with Crippen molar-refractivity contribution in [3.05, 3.63) is 36.0 Å². The number of nitrogens with one attached hydrogen (secondary N) is 2. The van der Waals surface area contributed by atoms with Gasteiger partial charge in [-0.15, -0.1) is 0 Å². The van der Waals surface area contributed by atoms with Crippen LogP contribution < -0.4 is 15.8 Å². The lowest BCUT2D eigenvalue weighted by atomic mass is 9.73. The van der Waals surface area contributed by atoms with Gasteiger partial charge < -0.3 is 9.80 Å². The molecule has 2 aromatic rings. The first-order valence-electron chi connectivity index (χ1n) is 10.4. The van der Waals surface area contributed by atoms with E-state index in [2.05, 4.69) is 32.1 Å². The van der Waals surface area contributed by atoms with Crippen LogP contribution in [0.2, 0.25) is 0 Å². The predicted octanol–water partition coefficient (Wildman–Crippen LogP) is 0.590. The highest BCUT2D eigenvalue weighted by Gasteiger charge is 2.42. The van der Waals surface area contributed by atoms with Crippen molar-refractivity contribution in [1.29, 1.82) is 0 Å². The van der Waals surface area contributed by atoms with Crippen molar-refractivity contribution in [1.82, 2.24) is 35.5 Å². The van der Waals surface area contributed by atoms with Gasteiger partial charge in [-0.05, 0) is 36.7 Å². The summed E-state index contributed by atoms with van der Waals surface area (Å²) in [5.74, 6) is 1.96. The molecule has 2 saturated heterocycles. The minimum Gasteiger partial charge on any atom is -0.345 e. The summed E-state index contributed by atoms with van der Waals surface area (Å²) in [6, 6.07) is 2.65. The van der Waals surface area contributed by atoms with Gasteiger partial charge in [0.15, 0.2) is 0 Å². The first kappa shape index (κ1) is 18.5. The van der Waals surface area contributed by atoms with Gasteiger partial charge in [-0.25, -0.2) is 15.4 Å². The van der Waals surface area contributed by atoms with Crippen molar-refractivity contribution in [3.63, 3.8) is 0 Å². The van der Waals surface area contributed by atoms with Crippen molar-refractivity contribution in [2.45, 2.75) is 37.3 Å². The fourth-order valence-corrected chi connectivity index (χ4v) is 4.96. The molecular weight excluding hydrogens is 368 g/mol. The minimum absolute atomic E-state index is 0.128. The molecule has 3 fully saturated rings. The number of aryl methyl sites for hydroxylation is 1. The normalized spacial score (nSPS) is 29.9. The Kier molecular flexibility index (Phi) is 4.71. The van der Waals surface area contributed by atoms with E-state index in [1.807, 2.05) is 35.9 Å². The summed E-state index contributed by atoms with van der Waals surface area (Å²) >= 11 is 0. The molecule has 9 heteroatoms. The number of carbonyl (C=O) groups is 1. The van der Waals surface area contributed by atoms with Gasteiger partial charge in [0.25, 0.3) is 0 Å². The number of nitrogens with zero attached hydrogens (tertiary/aromatic N) is 6. The molecule has 4 unspecified atom stereocenters. The molecule has 0 radical (unpaired) electrons. The van der Waals surface area contributed by atoms with Crippen LogP contribution in [0.5, 0.6) is 0 Å². The zero-order chi connectivity index (χ0) is 20.0. The molecule has 2 aliphatic heterocycles. The van der Waals surface area contributed by atoms with Gasteiger partial charge in [0.05, 0.1) is 24.5 Å². The number of likely N-dealkylation sites (N-methyl/N-ethyl adjacent to an activating group) is 1. The maximum atomic E-state index is 12.1. The van der Waals surface area contributed by atoms with Gasteiger partial charge in [-0.2, -0.15) is 5.10 Å². The fourth-order valence-electron chi connectivity index (χ4n) is 4.96. The number of hydrogen-bond acceptors (Lipinski definition) is 7. The third kappa shape index (κ3) is 3.49. The van der Waals surface area contributed by atoms with E-state index in [1.54, 1.807) is 11.2 Å². The van der Waals surface area contributed by atoms with E-state index in [4.69, 9.17) is 0 Å². The topological polar surface area (TPSA) is 91.2 Å². The van der Waals surface area contributed by atoms with Crippen LogP contribution in [-0.2, 0) is 11.8 Å². The summed E-state index contributed by atoms with van der Waals surface area (Å²) < 4.78 is 1.89. The number of carbonyl (C=O) groups excluding carboxylic acids is 1. The second-order valence-corrected chi connectivity index (χ2v) is 8.53. The lowest BCUT2D eigenvalue weighted by Crippen LogP contribution is -2.48. The monoisotopic (exact) mass is 396 g/mol. The van der Waals surface area contributed by atoms with E-state index in [0.717, 1.165) is 37.4 Å². The smallest absolute Gasteiger partial charge is 0.241 e. The van der Waals surface area contributed by atoms with Crippen molar-refractivity contribution in [2.24, 2.45) is 13.0 Å². The molecule has 1 aliphatic carbocycles. The van der Waals surface area contributed by atoms with Crippen molar-refractivity contribution in [2.75, 3.05) is 31.6 Å². The standard InChI is InChI=1S/C20H28N8O/c1-26-5-6-28(11-19(26)29)18-8-17(21-12-22-18)20-15-7-13(3-4-16(15)24-25-20)14-9-23-27(2)10-14/h8-10,12-13,15-16,20,24-25H,3-7,11H2,1-2H3. The molecular formula is C20H28N8O. The van der Waals surface area contributed by atoms with Crippen LogP contribution in [0.25, 0.3) is 0 Å². The molecule has 4 heterocycles. The highest BCUT2D eigenvalue weighted by atomic mass is 16.2. The van der Waals surface area contributed by atoms with Crippen LogP contribution in [0.3, 0.4) is 0 Å². The molecule has 4 atom stereocenters. The molecule has 1 saturated carbocycles. The fraction of sp³-hybridized carbons (Fsp3) is 0.600. The van der Waals surface area contributed by atoms with Gasteiger partial charge in [0.1, 0.15) is 12.1 Å². The van der Waals surface area contributed by atoms with Crippen LogP contribution in [0.15, 0.2) is 24.8 Å². The highest BCUT2D eigenvalue weighted by Crippen LogP contribution is 2.43. The molecule has 2 aromatic heterocycles. The Morgan fingerprint density at radius 3 is 2.83 bits per heavy atom. The van der Waals surface area contributed by atoms with Crippen molar-refractivity contribution >= 4 is 11.7 Å². The van der Waals surface area contributed by atoms with Crippen LogP contribution in [0.1, 0.15) is 42.5 Å². The number of piperazine rings is 1. The van der Waals surface area contributed by atoms with Gasteiger partial charge >= 0.3 is 0 Å². The summed E-state index contributed by atoms with van der Waals surface area (Å²) in [7, 11) is 3.82. The van der Waals surface area contributed by atoms with Crippen molar-refractivity contribution in [3.8, 4) is 0 Å².